The predicted octanol–water partition coefficient (Wildman–Crippen LogP) is 4.86. The predicted molar refractivity (Wildman–Crippen MR) is 110 cm³/mol. The molecule has 3 aromatic rings. The summed E-state index contributed by atoms with van der Waals surface area (Å²) in [6.45, 7) is 2.11. The zero-order chi connectivity index (χ0) is 21.4. The Morgan fingerprint density at radius 1 is 1.23 bits per heavy atom. The molecule has 0 unspecified atom stereocenters. The number of carboxylic acid groups (broad SMARTS) is 1. The molecule has 0 amide bonds. The molecule has 1 aromatic heterocycles. The van der Waals surface area contributed by atoms with E-state index in [9.17, 15) is 18.7 Å². The van der Waals surface area contributed by atoms with Gasteiger partial charge >= 0.3 is 5.97 Å². The van der Waals surface area contributed by atoms with Gasteiger partial charge in [-0.2, -0.15) is 0 Å². The molecule has 2 aromatic carbocycles. The fourth-order valence-corrected chi connectivity index (χ4v) is 3.95. The number of hydrogen-bond acceptors (Lipinski definition) is 4. The molecule has 30 heavy (non-hydrogen) atoms. The van der Waals surface area contributed by atoms with E-state index < -0.39 is 18.2 Å². The third kappa shape index (κ3) is 3.82. The molecule has 1 aliphatic rings. The molecule has 2 heterocycles. The van der Waals surface area contributed by atoms with Gasteiger partial charge in [0.2, 0.25) is 0 Å². The molecule has 0 radical (unpaired) electrons. The third-order valence-electron chi connectivity index (χ3n) is 5.03. The van der Waals surface area contributed by atoms with Gasteiger partial charge in [-0.1, -0.05) is 35.3 Å². The standard InChI is InChI=1S/C20H17Cl2F2N3O3/c21-14-3-1-2-11(16(14)22)10-27-15-9-12(26-4-6-30-7-5-26)8-13(20(28)29)17(15)25-19(27)18(23)24/h1-3,8-9,18H,4-7,10H2,(H,28,29). The highest BCUT2D eigenvalue weighted by Crippen LogP contribution is 2.33. The molecule has 10 heteroatoms. The van der Waals surface area contributed by atoms with E-state index in [-0.39, 0.29) is 22.6 Å². The largest absolute Gasteiger partial charge is 0.478 e. The van der Waals surface area contributed by atoms with E-state index in [0.717, 1.165) is 0 Å². The number of nitrogens with zero attached hydrogens (tertiary/aromatic N) is 3. The molecule has 0 atom stereocenters. The zero-order valence-corrected chi connectivity index (χ0v) is 17.1. The lowest BCUT2D eigenvalue weighted by Gasteiger charge is -2.29. The average molecular weight is 456 g/mol. The highest BCUT2D eigenvalue weighted by Gasteiger charge is 2.25. The number of aromatic carboxylic acids is 1. The van der Waals surface area contributed by atoms with Crippen LogP contribution in [0.2, 0.25) is 10.0 Å². The minimum absolute atomic E-state index is 0.00737. The molecule has 1 fully saturated rings. The summed E-state index contributed by atoms with van der Waals surface area (Å²) < 4.78 is 34.3. The van der Waals surface area contributed by atoms with Gasteiger partial charge < -0.3 is 19.3 Å². The first kappa shape index (κ1) is 20.8. The van der Waals surface area contributed by atoms with Crippen molar-refractivity contribution in [2.75, 3.05) is 31.2 Å². The van der Waals surface area contributed by atoms with Crippen molar-refractivity contribution in [2.45, 2.75) is 13.0 Å². The summed E-state index contributed by atoms with van der Waals surface area (Å²) in [4.78, 5) is 17.8. The molecule has 158 valence electrons. The van der Waals surface area contributed by atoms with E-state index in [1.807, 2.05) is 4.90 Å². The van der Waals surface area contributed by atoms with E-state index in [1.165, 1.54) is 10.6 Å². The van der Waals surface area contributed by atoms with Gasteiger partial charge in [-0.05, 0) is 23.8 Å². The number of aromatic nitrogens is 2. The van der Waals surface area contributed by atoms with Crippen molar-refractivity contribution in [3.8, 4) is 0 Å². The number of fused-ring (bicyclic) bond motifs is 1. The average Bonchev–Trinajstić information content (AvgIpc) is 3.10. The van der Waals surface area contributed by atoms with Crippen molar-refractivity contribution in [3.05, 3.63) is 57.3 Å². The van der Waals surface area contributed by atoms with Gasteiger partial charge in [0.25, 0.3) is 6.43 Å². The van der Waals surface area contributed by atoms with Crippen LogP contribution >= 0.6 is 23.2 Å². The lowest BCUT2D eigenvalue weighted by molar-refractivity contribution is 0.0698. The third-order valence-corrected chi connectivity index (χ3v) is 5.89. The first-order valence-electron chi connectivity index (χ1n) is 9.18. The van der Waals surface area contributed by atoms with Crippen molar-refractivity contribution in [2.24, 2.45) is 0 Å². The smallest absolute Gasteiger partial charge is 0.338 e. The van der Waals surface area contributed by atoms with Gasteiger partial charge in [0.15, 0.2) is 5.82 Å². The van der Waals surface area contributed by atoms with Crippen LogP contribution in [0.1, 0.15) is 28.2 Å². The molecule has 1 N–H and O–H groups in total. The molecular formula is C20H17Cl2F2N3O3. The lowest BCUT2D eigenvalue weighted by Crippen LogP contribution is -2.36. The highest BCUT2D eigenvalue weighted by atomic mass is 35.5. The Hall–Kier alpha value is -2.42. The van der Waals surface area contributed by atoms with Crippen LogP contribution in [0, 0.1) is 0 Å². The number of hydrogen-bond donors (Lipinski definition) is 1. The molecule has 0 saturated carbocycles. The number of ether oxygens (including phenoxy) is 1. The van der Waals surface area contributed by atoms with Gasteiger partial charge in [-0.25, -0.2) is 18.6 Å². The van der Waals surface area contributed by atoms with Crippen LogP contribution in [0.3, 0.4) is 0 Å². The second kappa shape index (κ2) is 8.37. The number of benzene rings is 2. The first-order valence-corrected chi connectivity index (χ1v) is 9.93. The van der Waals surface area contributed by atoms with Crippen molar-refractivity contribution in [1.29, 1.82) is 0 Å². The van der Waals surface area contributed by atoms with E-state index in [2.05, 4.69) is 4.98 Å². The summed E-state index contributed by atoms with van der Waals surface area (Å²) in [6, 6.07) is 8.11. The maximum Gasteiger partial charge on any atom is 0.338 e. The molecule has 0 aliphatic carbocycles. The van der Waals surface area contributed by atoms with Crippen molar-refractivity contribution in [3.63, 3.8) is 0 Å². The fraction of sp³-hybridized carbons (Fsp3) is 0.300. The number of alkyl halides is 2. The maximum atomic E-state index is 13.8. The molecule has 1 saturated heterocycles. The molecule has 1 aliphatic heterocycles. The van der Waals surface area contributed by atoms with Gasteiger partial charge in [-0.15, -0.1) is 0 Å². The topological polar surface area (TPSA) is 67.6 Å². The number of rotatable bonds is 5. The van der Waals surface area contributed by atoms with E-state index in [1.54, 1.807) is 24.3 Å². The quantitative estimate of drug-likeness (QED) is 0.594. The Morgan fingerprint density at radius 3 is 2.63 bits per heavy atom. The number of imidazole rings is 1. The zero-order valence-electron chi connectivity index (χ0n) is 15.6. The highest BCUT2D eigenvalue weighted by molar-refractivity contribution is 6.42. The van der Waals surface area contributed by atoms with Gasteiger partial charge in [0.1, 0.15) is 5.52 Å². The Bertz CT molecular complexity index is 1110. The van der Waals surface area contributed by atoms with Crippen LogP contribution in [0.25, 0.3) is 11.0 Å². The van der Waals surface area contributed by atoms with Gasteiger partial charge in [0.05, 0.1) is 40.9 Å². The van der Waals surface area contributed by atoms with Crippen molar-refractivity contribution < 1.29 is 23.4 Å². The first-order chi connectivity index (χ1) is 14.4. The van der Waals surface area contributed by atoms with Crippen LogP contribution in [0.15, 0.2) is 30.3 Å². The summed E-state index contributed by atoms with van der Waals surface area (Å²) in [6.07, 6.45) is -2.90. The van der Waals surface area contributed by atoms with E-state index >= 15 is 0 Å². The van der Waals surface area contributed by atoms with Crippen LogP contribution in [0.4, 0.5) is 14.5 Å². The van der Waals surface area contributed by atoms with Crippen LogP contribution in [-0.2, 0) is 11.3 Å². The van der Waals surface area contributed by atoms with Crippen LogP contribution in [0.5, 0.6) is 0 Å². The Labute approximate surface area is 180 Å². The summed E-state index contributed by atoms with van der Waals surface area (Å²) in [7, 11) is 0. The Kier molecular flexibility index (Phi) is 5.81. The summed E-state index contributed by atoms with van der Waals surface area (Å²) in [5.41, 5.74) is 1.31. The maximum absolute atomic E-state index is 13.8. The normalized spacial score (nSPS) is 14.6. The number of carbonyl (C=O) groups is 1. The molecule has 4 rings (SSSR count). The minimum atomic E-state index is -2.90. The minimum Gasteiger partial charge on any atom is -0.478 e. The second-order valence-corrected chi connectivity index (χ2v) is 7.62. The monoisotopic (exact) mass is 455 g/mol. The number of carboxylic acids is 1. The second-order valence-electron chi connectivity index (χ2n) is 6.84. The van der Waals surface area contributed by atoms with Gasteiger partial charge in [-0.3, -0.25) is 0 Å². The van der Waals surface area contributed by atoms with E-state index in [4.69, 9.17) is 27.9 Å². The molecule has 6 nitrogen and oxygen atoms in total. The summed E-state index contributed by atoms with van der Waals surface area (Å²) in [5, 5.41) is 10.3. The SMILES string of the molecule is O=C(O)c1cc(N2CCOCC2)cc2c1nc(C(F)F)n2Cc1cccc(Cl)c1Cl. The number of anilines is 1. The lowest BCUT2D eigenvalue weighted by atomic mass is 10.1. The van der Waals surface area contributed by atoms with Crippen LogP contribution in [-0.4, -0.2) is 46.9 Å². The van der Waals surface area contributed by atoms with E-state index in [0.29, 0.717) is 48.1 Å². The summed E-state index contributed by atoms with van der Waals surface area (Å²) in [5.74, 6) is -1.76. The number of halogens is 4. The summed E-state index contributed by atoms with van der Waals surface area (Å²) >= 11 is 12.3. The van der Waals surface area contributed by atoms with Crippen LogP contribution < -0.4 is 4.90 Å². The van der Waals surface area contributed by atoms with Crippen molar-refractivity contribution >= 4 is 45.9 Å². The number of morpholine rings is 1. The Balaban J connectivity index is 1.92. The molecule has 0 bridgehead atoms. The Morgan fingerprint density at radius 2 is 1.97 bits per heavy atom. The molecule has 0 spiro atoms. The van der Waals surface area contributed by atoms with Crippen molar-refractivity contribution in [1.82, 2.24) is 9.55 Å². The molecular weight excluding hydrogens is 439 g/mol. The van der Waals surface area contributed by atoms with Gasteiger partial charge in [0, 0.05) is 18.8 Å². The fourth-order valence-electron chi connectivity index (χ4n) is 3.57.